The molecule has 6 rings (SSSR count). The molecular weight excluding hydrogens is 390 g/mol. The number of nitrogens with zero attached hydrogens (tertiary/aromatic N) is 1. The highest BCUT2D eigenvalue weighted by atomic mass is 16.3. The summed E-state index contributed by atoms with van der Waals surface area (Å²) in [5.41, 5.74) is 3.74. The van der Waals surface area contributed by atoms with Crippen LogP contribution in [0.25, 0.3) is 54.7 Å². The number of furan rings is 1. The lowest BCUT2D eigenvalue weighted by atomic mass is 9.90. The van der Waals surface area contributed by atoms with Crippen LogP contribution in [0.4, 0.5) is 0 Å². The molecule has 0 aliphatic carbocycles. The van der Waals surface area contributed by atoms with Gasteiger partial charge in [-0.2, -0.15) is 0 Å². The van der Waals surface area contributed by atoms with Gasteiger partial charge in [0.05, 0.1) is 10.8 Å². The van der Waals surface area contributed by atoms with Crippen LogP contribution in [0.1, 0.15) is 30.5 Å². The van der Waals surface area contributed by atoms with Crippen LogP contribution in [-0.2, 0) is 7.05 Å². The number of pyridine rings is 1. The Bertz CT molecular complexity index is 1910. The molecule has 2 nitrogen and oxygen atoms in total. The fourth-order valence-electron chi connectivity index (χ4n) is 5.13. The molecule has 0 saturated carbocycles. The van der Waals surface area contributed by atoms with E-state index in [9.17, 15) is 0 Å². The molecule has 0 atom stereocenters. The van der Waals surface area contributed by atoms with E-state index >= 15 is 0 Å². The smallest absolute Gasteiger partial charge is 0.221 e. The van der Waals surface area contributed by atoms with Crippen molar-refractivity contribution in [3.8, 4) is 11.3 Å². The van der Waals surface area contributed by atoms with E-state index in [1.54, 1.807) is 11.6 Å². The van der Waals surface area contributed by atoms with Gasteiger partial charge < -0.3 is 4.42 Å². The van der Waals surface area contributed by atoms with Gasteiger partial charge in [-0.1, -0.05) is 60.7 Å². The summed E-state index contributed by atoms with van der Waals surface area (Å²) in [6, 6.07) is 19.8. The molecule has 0 amide bonds. The zero-order chi connectivity index (χ0) is 27.1. The maximum atomic E-state index is 8.52. The van der Waals surface area contributed by atoms with Crippen LogP contribution in [0.15, 0.2) is 71.3 Å². The Hall–Kier alpha value is -3.65. The van der Waals surface area contributed by atoms with Gasteiger partial charge in [0, 0.05) is 35.7 Å². The third-order valence-corrected chi connectivity index (χ3v) is 6.62. The number of aryl methyl sites for hydroxylation is 5. The molecule has 0 saturated heterocycles. The molecule has 4 aromatic carbocycles. The molecule has 0 N–H and O–H groups in total. The van der Waals surface area contributed by atoms with E-state index in [0.29, 0.717) is 27.6 Å². The number of benzene rings is 4. The molecule has 0 aliphatic rings. The summed E-state index contributed by atoms with van der Waals surface area (Å²) >= 11 is 0. The van der Waals surface area contributed by atoms with E-state index in [1.807, 2.05) is 74.5 Å². The predicted octanol–water partition coefficient (Wildman–Crippen LogP) is 7.62. The predicted molar refractivity (Wildman–Crippen MR) is 134 cm³/mol. The van der Waals surface area contributed by atoms with Crippen LogP contribution in [0.5, 0.6) is 0 Å². The zero-order valence-electron chi connectivity index (χ0n) is 24.2. The minimum absolute atomic E-state index is 0.149. The Morgan fingerprint density at radius 1 is 0.719 bits per heavy atom. The molecule has 6 aromatic rings. The van der Waals surface area contributed by atoms with Crippen molar-refractivity contribution in [1.82, 2.24) is 0 Å². The van der Waals surface area contributed by atoms with Crippen molar-refractivity contribution >= 4 is 43.4 Å². The third kappa shape index (κ3) is 2.44. The fraction of sp³-hybridized carbons (Fsp3) is 0.167. The van der Waals surface area contributed by atoms with Crippen molar-refractivity contribution in [2.75, 3.05) is 0 Å². The summed E-state index contributed by atoms with van der Waals surface area (Å²) in [4.78, 5) is 0. The second-order valence-corrected chi connectivity index (χ2v) is 8.54. The van der Waals surface area contributed by atoms with Gasteiger partial charge in [0.1, 0.15) is 18.4 Å². The Labute approximate surface area is 196 Å². The van der Waals surface area contributed by atoms with Gasteiger partial charge in [0.25, 0.3) is 0 Å². The lowest BCUT2D eigenvalue weighted by Gasteiger charge is -2.13. The first-order valence-corrected chi connectivity index (χ1v) is 10.7. The topological polar surface area (TPSA) is 17.0 Å². The zero-order valence-corrected chi connectivity index (χ0v) is 18.2. The minimum Gasteiger partial charge on any atom is -0.455 e. The molecule has 0 aliphatic heterocycles. The molecule has 0 unspecified atom stereocenters. The summed E-state index contributed by atoms with van der Waals surface area (Å²) in [5.74, 6) is 0.706. The van der Waals surface area contributed by atoms with Crippen LogP contribution in [0.2, 0.25) is 0 Å². The summed E-state index contributed by atoms with van der Waals surface area (Å²) in [6.07, 6.45) is 1.46. The van der Waals surface area contributed by atoms with Gasteiger partial charge >= 0.3 is 0 Å². The number of rotatable bonds is 1. The van der Waals surface area contributed by atoms with Gasteiger partial charge in [0.2, 0.25) is 5.52 Å². The van der Waals surface area contributed by atoms with Gasteiger partial charge in [0.15, 0.2) is 6.20 Å². The molecule has 0 bridgehead atoms. The van der Waals surface area contributed by atoms with Crippen LogP contribution in [0, 0.1) is 27.6 Å². The molecule has 2 heterocycles. The third-order valence-electron chi connectivity index (χ3n) is 6.62. The molecule has 0 spiro atoms. The first-order chi connectivity index (χ1) is 17.9. The van der Waals surface area contributed by atoms with Crippen LogP contribution in [0.3, 0.4) is 0 Å². The molecule has 2 heteroatoms. The molecule has 2 aromatic heterocycles. The molecule has 0 fully saturated rings. The molecular formula is C30H26NO+. The second kappa shape index (κ2) is 6.67. The quantitative estimate of drug-likeness (QED) is 0.197. The van der Waals surface area contributed by atoms with Crippen LogP contribution in [-0.4, -0.2) is 0 Å². The average molecular weight is 423 g/mol. The van der Waals surface area contributed by atoms with Gasteiger partial charge in [-0.25, -0.2) is 4.57 Å². The summed E-state index contributed by atoms with van der Waals surface area (Å²) in [5, 5.41) is 4.56. The Morgan fingerprint density at radius 2 is 1.50 bits per heavy atom. The SMILES string of the molecule is [2H]C([2H])([2H])c1c[n+](C)c2c3c(C)cccc3c3ccc4c(C)c(-c5ccccc5)oc4c3c2c1C([2H])([2H])[2H]. The Balaban J connectivity index is 1.99. The number of hydrogen-bond acceptors (Lipinski definition) is 1. The lowest BCUT2D eigenvalue weighted by Crippen LogP contribution is -2.30. The largest absolute Gasteiger partial charge is 0.455 e. The van der Waals surface area contributed by atoms with Crippen molar-refractivity contribution < 1.29 is 17.2 Å². The van der Waals surface area contributed by atoms with Crippen LogP contribution < -0.4 is 4.57 Å². The van der Waals surface area contributed by atoms with Crippen molar-refractivity contribution in [3.63, 3.8) is 0 Å². The maximum absolute atomic E-state index is 8.52. The number of hydrogen-bond donors (Lipinski definition) is 0. The highest BCUT2D eigenvalue weighted by molar-refractivity contribution is 6.30. The molecule has 32 heavy (non-hydrogen) atoms. The van der Waals surface area contributed by atoms with Gasteiger partial charge in [-0.15, -0.1) is 0 Å². The lowest BCUT2D eigenvalue weighted by molar-refractivity contribution is -0.644. The van der Waals surface area contributed by atoms with Gasteiger partial charge in [-0.3, -0.25) is 0 Å². The summed E-state index contributed by atoms with van der Waals surface area (Å²) in [6.45, 7) is -1.31. The Kier molecular flexibility index (Phi) is 2.86. The average Bonchev–Trinajstić information content (AvgIpc) is 3.19. The van der Waals surface area contributed by atoms with E-state index in [1.165, 1.54) is 6.20 Å². The van der Waals surface area contributed by atoms with E-state index < -0.39 is 13.7 Å². The first-order valence-electron chi connectivity index (χ1n) is 13.7. The Morgan fingerprint density at radius 3 is 2.28 bits per heavy atom. The fourth-order valence-corrected chi connectivity index (χ4v) is 5.13. The first kappa shape index (κ1) is 13.7. The van der Waals surface area contributed by atoms with E-state index in [4.69, 9.17) is 12.6 Å². The monoisotopic (exact) mass is 422 g/mol. The van der Waals surface area contributed by atoms with Crippen molar-refractivity contribution in [1.29, 1.82) is 0 Å². The number of fused-ring (bicyclic) bond motifs is 8. The van der Waals surface area contributed by atoms with Crippen molar-refractivity contribution in [2.45, 2.75) is 27.6 Å². The molecule has 156 valence electrons. The highest BCUT2D eigenvalue weighted by Gasteiger charge is 2.24. The minimum atomic E-state index is -2.68. The van der Waals surface area contributed by atoms with E-state index in [0.717, 1.165) is 38.2 Å². The van der Waals surface area contributed by atoms with Crippen molar-refractivity contribution in [2.24, 2.45) is 7.05 Å². The number of aromatic nitrogens is 1. The van der Waals surface area contributed by atoms with E-state index in [2.05, 4.69) is 0 Å². The summed E-state index contributed by atoms with van der Waals surface area (Å²) in [7, 11) is 1.78. The normalized spacial score (nSPS) is 15.5. The van der Waals surface area contributed by atoms with E-state index in [-0.39, 0.29) is 11.1 Å². The summed E-state index contributed by atoms with van der Waals surface area (Å²) < 4.78 is 58.6. The van der Waals surface area contributed by atoms with Gasteiger partial charge in [-0.05, 0) is 49.5 Å². The highest BCUT2D eigenvalue weighted by Crippen LogP contribution is 2.43. The van der Waals surface area contributed by atoms with Crippen molar-refractivity contribution in [3.05, 3.63) is 89.1 Å². The second-order valence-electron chi connectivity index (χ2n) is 8.54. The standard InChI is InChI=1S/C30H26NO/c1-17-10-9-13-23-24-15-14-22-20(4)29(21-11-7-6-8-12-21)32-30(22)27(24)26-19(3)18(2)16-31(5)28(26)25(17)23/h6-16H,1-5H3/q+1/i2D3,3D3. The maximum Gasteiger partial charge on any atom is 0.221 e. The molecule has 0 radical (unpaired) electrons. The van der Waals surface area contributed by atoms with Crippen LogP contribution >= 0.6 is 0 Å².